The number of nitrogens with one attached hydrogen (secondary N) is 1. The lowest BCUT2D eigenvalue weighted by molar-refractivity contribution is -0.146. The van der Waals surface area contributed by atoms with Crippen LogP contribution >= 0.6 is 11.8 Å². The highest BCUT2D eigenvalue weighted by Crippen LogP contribution is 2.29. The fourth-order valence-electron chi connectivity index (χ4n) is 1.83. The van der Waals surface area contributed by atoms with E-state index in [0.29, 0.717) is 0 Å². The molecule has 1 aliphatic heterocycles. The Balaban J connectivity index is 2.76. The van der Waals surface area contributed by atoms with Gasteiger partial charge in [-0.3, -0.25) is 10.1 Å². The molecule has 0 aromatic heterocycles. The van der Waals surface area contributed by atoms with Gasteiger partial charge in [-0.05, 0) is 45.1 Å². The number of rotatable bonds is 2. The molecular weight excluding hydrogens is 198 g/mol. The van der Waals surface area contributed by atoms with Crippen molar-refractivity contribution in [1.29, 1.82) is 0 Å². The molecule has 4 heteroatoms. The Bertz CT molecular complexity index is 217. The van der Waals surface area contributed by atoms with Crippen LogP contribution in [-0.2, 0) is 4.79 Å². The van der Waals surface area contributed by atoms with Crippen LogP contribution in [0.3, 0.4) is 0 Å². The van der Waals surface area contributed by atoms with Crippen LogP contribution in [0.1, 0.15) is 33.6 Å². The summed E-state index contributed by atoms with van der Waals surface area (Å²) >= 11 is 1.84. The molecule has 0 radical (unpaired) electrons. The highest BCUT2D eigenvalue weighted by Gasteiger charge is 2.42. The van der Waals surface area contributed by atoms with Gasteiger partial charge in [-0.2, -0.15) is 11.8 Å². The number of hydrogen-bond donors (Lipinski definition) is 2. The van der Waals surface area contributed by atoms with Crippen molar-refractivity contribution >= 4 is 17.7 Å². The van der Waals surface area contributed by atoms with Crippen molar-refractivity contribution in [3.63, 3.8) is 0 Å². The molecule has 0 amide bonds. The number of aliphatic carboxylic acids is 1. The molecule has 14 heavy (non-hydrogen) atoms. The molecule has 1 rings (SSSR count). The minimum Gasteiger partial charge on any atom is -0.480 e. The lowest BCUT2D eigenvalue weighted by atomic mass is 9.89. The van der Waals surface area contributed by atoms with Crippen molar-refractivity contribution in [2.75, 3.05) is 11.5 Å². The van der Waals surface area contributed by atoms with Gasteiger partial charge in [0.25, 0.3) is 0 Å². The Morgan fingerprint density at radius 2 is 1.86 bits per heavy atom. The molecule has 1 fully saturated rings. The summed E-state index contributed by atoms with van der Waals surface area (Å²) in [7, 11) is 0. The number of hydrogen-bond acceptors (Lipinski definition) is 3. The van der Waals surface area contributed by atoms with E-state index in [1.165, 1.54) is 0 Å². The summed E-state index contributed by atoms with van der Waals surface area (Å²) in [5.74, 6) is 1.18. The van der Waals surface area contributed by atoms with Crippen LogP contribution in [0, 0.1) is 0 Å². The maximum absolute atomic E-state index is 11.3. The first-order valence-corrected chi connectivity index (χ1v) is 6.12. The van der Waals surface area contributed by atoms with Crippen molar-refractivity contribution in [2.24, 2.45) is 0 Å². The monoisotopic (exact) mass is 217 g/mol. The van der Waals surface area contributed by atoms with Crippen LogP contribution in [0.5, 0.6) is 0 Å². The zero-order valence-corrected chi connectivity index (χ0v) is 9.91. The van der Waals surface area contributed by atoms with Crippen molar-refractivity contribution in [3.8, 4) is 0 Å². The Hall–Kier alpha value is -0.220. The van der Waals surface area contributed by atoms with E-state index in [4.69, 9.17) is 0 Å². The number of thioether (sulfide) groups is 1. The fourth-order valence-corrected chi connectivity index (χ4v) is 3.02. The molecule has 0 aromatic carbocycles. The van der Waals surface area contributed by atoms with E-state index in [2.05, 4.69) is 5.32 Å². The molecule has 0 aromatic rings. The molecular formula is C10H19NO2S. The Kier molecular flexibility index (Phi) is 3.48. The zero-order valence-electron chi connectivity index (χ0n) is 9.09. The molecule has 0 aliphatic carbocycles. The predicted molar refractivity (Wildman–Crippen MR) is 59.8 cm³/mol. The number of carbonyl (C=O) groups is 1. The van der Waals surface area contributed by atoms with Crippen LogP contribution < -0.4 is 5.32 Å². The molecule has 82 valence electrons. The predicted octanol–water partition coefficient (Wildman–Crippen LogP) is 1.72. The molecule has 0 atom stereocenters. The van der Waals surface area contributed by atoms with Crippen LogP contribution in [0.15, 0.2) is 0 Å². The Morgan fingerprint density at radius 3 is 2.21 bits per heavy atom. The first kappa shape index (κ1) is 11.9. The average molecular weight is 217 g/mol. The lowest BCUT2D eigenvalue weighted by Gasteiger charge is -2.39. The van der Waals surface area contributed by atoms with Crippen molar-refractivity contribution in [2.45, 2.75) is 44.7 Å². The largest absolute Gasteiger partial charge is 0.480 e. The van der Waals surface area contributed by atoms with E-state index < -0.39 is 11.5 Å². The smallest absolute Gasteiger partial charge is 0.323 e. The maximum Gasteiger partial charge on any atom is 0.323 e. The second-order valence-corrected chi connectivity index (χ2v) is 6.10. The van der Waals surface area contributed by atoms with Gasteiger partial charge in [0.05, 0.1) is 0 Å². The molecule has 0 unspecified atom stereocenters. The van der Waals surface area contributed by atoms with Gasteiger partial charge in [-0.1, -0.05) is 0 Å². The second kappa shape index (κ2) is 4.11. The van der Waals surface area contributed by atoms with Gasteiger partial charge in [-0.15, -0.1) is 0 Å². The molecule has 2 N–H and O–H groups in total. The standard InChI is InChI=1S/C10H19NO2S/c1-9(2,3)11-10(8(12)13)4-6-14-7-5-10/h11H,4-7H2,1-3H3,(H,12,13). The van der Waals surface area contributed by atoms with Crippen molar-refractivity contribution < 1.29 is 9.90 Å². The van der Waals surface area contributed by atoms with E-state index in [-0.39, 0.29) is 5.54 Å². The van der Waals surface area contributed by atoms with Crippen molar-refractivity contribution in [1.82, 2.24) is 5.32 Å². The molecule has 1 heterocycles. The molecule has 0 saturated carbocycles. The number of carboxylic acids is 1. The normalized spacial score (nSPS) is 21.9. The molecule has 1 saturated heterocycles. The summed E-state index contributed by atoms with van der Waals surface area (Å²) in [6.07, 6.45) is 1.45. The Labute approximate surface area is 89.6 Å². The van der Waals surface area contributed by atoms with Gasteiger partial charge in [0, 0.05) is 5.54 Å². The lowest BCUT2D eigenvalue weighted by Crippen LogP contribution is -2.60. The summed E-state index contributed by atoms with van der Waals surface area (Å²) in [6, 6.07) is 0. The van der Waals surface area contributed by atoms with Crippen LogP contribution in [0.4, 0.5) is 0 Å². The molecule has 0 spiro atoms. The maximum atomic E-state index is 11.3. The first-order valence-electron chi connectivity index (χ1n) is 4.96. The van der Waals surface area contributed by atoms with Gasteiger partial charge >= 0.3 is 5.97 Å². The summed E-state index contributed by atoms with van der Waals surface area (Å²) in [5, 5.41) is 12.5. The summed E-state index contributed by atoms with van der Waals surface area (Å²) in [4.78, 5) is 11.3. The highest BCUT2D eigenvalue weighted by molar-refractivity contribution is 7.99. The van der Waals surface area contributed by atoms with Gasteiger partial charge in [0.15, 0.2) is 0 Å². The minimum absolute atomic E-state index is 0.138. The highest BCUT2D eigenvalue weighted by atomic mass is 32.2. The van der Waals surface area contributed by atoms with Crippen LogP contribution in [0.2, 0.25) is 0 Å². The summed E-state index contributed by atoms with van der Waals surface area (Å²) in [5.41, 5.74) is -0.829. The van der Waals surface area contributed by atoms with Gasteiger partial charge in [-0.25, -0.2) is 0 Å². The van der Waals surface area contributed by atoms with E-state index in [0.717, 1.165) is 24.3 Å². The van der Waals surface area contributed by atoms with Gasteiger partial charge in [0.1, 0.15) is 5.54 Å². The molecule has 0 bridgehead atoms. The Morgan fingerprint density at radius 1 is 1.36 bits per heavy atom. The van der Waals surface area contributed by atoms with Crippen molar-refractivity contribution in [3.05, 3.63) is 0 Å². The third-order valence-electron chi connectivity index (χ3n) is 2.37. The van der Waals surface area contributed by atoms with Gasteiger partial charge < -0.3 is 5.11 Å². The summed E-state index contributed by atoms with van der Waals surface area (Å²) in [6.45, 7) is 6.04. The van der Waals surface area contributed by atoms with Gasteiger partial charge in [0.2, 0.25) is 0 Å². The van der Waals surface area contributed by atoms with E-state index in [1.807, 2.05) is 32.5 Å². The second-order valence-electron chi connectivity index (χ2n) is 4.87. The third kappa shape index (κ3) is 2.89. The molecule has 1 aliphatic rings. The average Bonchev–Trinajstić information content (AvgIpc) is 2.02. The van der Waals surface area contributed by atoms with E-state index in [9.17, 15) is 9.90 Å². The third-order valence-corrected chi connectivity index (χ3v) is 3.36. The topological polar surface area (TPSA) is 49.3 Å². The van der Waals surface area contributed by atoms with E-state index >= 15 is 0 Å². The van der Waals surface area contributed by atoms with Crippen LogP contribution in [-0.4, -0.2) is 33.7 Å². The zero-order chi connectivity index (χ0) is 10.8. The van der Waals surface area contributed by atoms with E-state index in [1.54, 1.807) is 0 Å². The first-order chi connectivity index (χ1) is 6.36. The molecule has 3 nitrogen and oxygen atoms in total. The van der Waals surface area contributed by atoms with Crippen LogP contribution in [0.25, 0.3) is 0 Å². The quantitative estimate of drug-likeness (QED) is 0.739. The minimum atomic E-state index is -0.701. The SMILES string of the molecule is CC(C)(C)NC1(C(=O)O)CCSCC1. The number of carboxylic acid groups (broad SMARTS) is 1. The summed E-state index contributed by atoms with van der Waals surface area (Å²) < 4.78 is 0. The fraction of sp³-hybridized carbons (Fsp3) is 0.900.